The lowest BCUT2D eigenvalue weighted by atomic mass is 10.2. The molecule has 0 aliphatic heterocycles. The van der Waals surface area contributed by atoms with E-state index in [2.05, 4.69) is 9.71 Å². The molecule has 1 amide bonds. The third-order valence-corrected chi connectivity index (χ3v) is 6.69. The third-order valence-electron chi connectivity index (χ3n) is 4.53. The fourth-order valence-corrected chi connectivity index (χ4v) is 3.68. The Morgan fingerprint density at radius 1 is 1.43 bits per heavy atom. The number of amides is 1. The smallest absolute Gasteiger partial charge is 0.261 e. The van der Waals surface area contributed by atoms with Gasteiger partial charge < -0.3 is 0 Å². The number of sulfonamides is 1. The third kappa shape index (κ3) is 2.91. The molecule has 2 atom stereocenters. The largest absolute Gasteiger partial charge is 0.277 e. The van der Waals surface area contributed by atoms with Gasteiger partial charge in [-0.15, -0.1) is 0 Å². The van der Waals surface area contributed by atoms with E-state index in [-0.39, 0.29) is 5.92 Å². The Balaban J connectivity index is 2.22. The van der Waals surface area contributed by atoms with Gasteiger partial charge in [0.2, 0.25) is 10.0 Å². The van der Waals surface area contributed by atoms with Gasteiger partial charge in [-0.25, -0.2) is 8.42 Å². The second-order valence-electron chi connectivity index (χ2n) is 6.35. The van der Waals surface area contributed by atoms with Crippen LogP contribution >= 0.6 is 0 Å². The van der Waals surface area contributed by atoms with Gasteiger partial charge >= 0.3 is 0 Å². The number of carbonyl (C=O) groups is 1. The van der Waals surface area contributed by atoms with Crippen molar-refractivity contribution in [3.05, 3.63) is 12.2 Å². The highest BCUT2D eigenvalue weighted by molar-refractivity contribution is 7.91. The average molecular weight is 312 g/mol. The molecule has 0 heterocycles. The summed E-state index contributed by atoms with van der Waals surface area (Å²) < 4.78 is 25.9. The Morgan fingerprint density at radius 3 is 2.52 bits per heavy atom. The summed E-state index contributed by atoms with van der Waals surface area (Å²) in [5.74, 6) is -0.488. The predicted molar refractivity (Wildman–Crippen MR) is 83.8 cm³/mol. The van der Waals surface area contributed by atoms with E-state index in [1.165, 1.54) is 0 Å². The molecule has 0 aromatic carbocycles. The molecule has 2 rings (SSSR count). The second-order valence-corrected chi connectivity index (χ2v) is 8.54. The van der Waals surface area contributed by atoms with Crippen LogP contribution < -0.4 is 4.72 Å². The normalized spacial score (nSPS) is 31.2. The summed E-state index contributed by atoms with van der Waals surface area (Å²) in [6, 6.07) is 0. The van der Waals surface area contributed by atoms with Crippen molar-refractivity contribution < 1.29 is 13.2 Å². The summed E-state index contributed by atoms with van der Waals surface area (Å²) >= 11 is 0. The summed E-state index contributed by atoms with van der Waals surface area (Å²) in [6.07, 6.45) is 6.36. The van der Waals surface area contributed by atoms with E-state index in [1.807, 2.05) is 32.9 Å². The Kier molecular flexibility index (Phi) is 4.04. The maximum atomic E-state index is 12.5. The summed E-state index contributed by atoms with van der Waals surface area (Å²) in [5.41, 5.74) is -0.0579. The molecule has 0 radical (unpaired) electrons. The van der Waals surface area contributed by atoms with E-state index in [0.717, 1.165) is 12.1 Å². The molecular weight excluding hydrogens is 288 g/mol. The lowest BCUT2D eigenvalue weighted by molar-refractivity contribution is -0.121. The van der Waals surface area contributed by atoms with Crippen molar-refractivity contribution in [2.75, 3.05) is 0 Å². The van der Waals surface area contributed by atoms with Gasteiger partial charge in [0.05, 0.1) is 4.75 Å². The molecule has 6 heteroatoms. The fourth-order valence-electron chi connectivity index (χ4n) is 2.37. The number of nitrogens with one attached hydrogen (secondary N) is 1. The van der Waals surface area contributed by atoms with Crippen molar-refractivity contribution in [2.45, 2.75) is 63.7 Å². The molecule has 5 nitrogen and oxygen atoms in total. The highest BCUT2D eigenvalue weighted by Gasteiger charge is 2.61. The van der Waals surface area contributed by atoms with E-state index in [0.29, 0.717) is 19.3 Å². The van der Waals surface area contributed by atoms with Crippen LogP contribution in [0.15, 0.2) is 17.1 Å². The lowest BCUT2D eigenvalue weighted by Gasteiger charge is -2.17. The van der Waals surface area contributed by atoms with Gasteiger partial charge in [-0.3, -0.25) is 14.5 Å². The maximum absolute atomic E-state index is 12.5. The van der Waals surface area contributed by atoms with Crippen molar-refractivity contribution in [1.29, 1.82) is 0 Å². The average Bonchev–Trinajstić information content (AvgIpc) is 3.29. The summed E-state index contributed by atoms with van der Waals surface area (Å²) in [5, 5.41) is 0. The van der Waals surface area contributed by atoms with Crippen LogP contribution in [0.3, 0.4) is 0 Å². The number of aliphatic imine (C=N–C) groups is 1. The van der Waals surface area contributed by atoms with Crippen LogP contribution in [0.1, 0.15) is 53.4 Å². The quantitative estimate of drug-likeness (QED) is 0.603. The zero-order valence-electron chi connectivity index (χ0n) is 13.1. The zero-order valence-corrected chi connectivity index (χ0v) is 14.0. The van der Waals surface area contributed by atoms with Gasteiger partial charge in [-0.1, -0.05) is 19.1 Å². The van der Waals surface area contributed by atoms with Crippen LogP contribution in [-0.2, 0) is 14.8 Å². The van der Waals surface area contributed by atoms with Gasteiger partial charge in [-0.2, -0.15) is 0 Å². The van der Waals surface area contributed by atoms with Crippen molar-refractivity contribution in [1.82, 2.24) is 4.72 Å². The minimum absolute atomic E-state index is 0.00814. The van der Waals surface area contributed by atoms with Crippen LogP contribution in [0.4, 0.5) is 0 Å². The molecule has 21 heavy (non-hydrogen) atoms. The number of carbonyl (C=O) groups excluding carboxylic acids is 1. The molecule has 0 aromatic rings. The van der Waals surface area contributed by atoms with Crippen LogP contribution in [-0.4, -0.2) is 30.3 Å². The van der Waals surface area contributed by atoms with Gasteiger partial charge in [0, 0.05) is 11.6 Å². The first-order valence-electron chi connectivity index (χ1n) is 7.46. The number of rotatable bonds is 6. The van der Waals surface area contributed by atoms with Crippen LogP contribution in [0, 0.1) is 5.92 Å². The monoisotopic (exact) mass is 312 g/mol. The number of hydrogen-bond donors (Lipinski definition) is 1. The number of hydrogen-bond acceptors (Lipinski definition) is 4. The van der Waals surface area contributed by atoms with E-state index in [4.69, 9.17) is 0 Å². The molecule has 0 spiro atoms. The Bertz CT molecular complexity index is 602. The second kappa shape index (κ2) is 5.23. The summed E-state index contributed by atoms with van der Waals surface area (Å²) in [6.45, 7) is 7.40. The van der Waals surface area contributed by atoms with E-state index in [9.17, 15) is 13.2 Å². The highest BCUT2D eigenvalue weighted by Crippen LogP contribution is 2.50. The van der Waals surface area contributed by atoms with Gasteiger partial charge in [0.1, 0.15) is 5.54 Å². The zero-order chi connectivity index (χ0) is 15.9. The molecule has 1 N–H and O–H groups in total. The molecule has 2 aliphatic carbocycles. The van der Waals surface area contributed by atoms with Crippen molar-refractivity contribution in [3.8, 4) is 0 Å². The van der Waals surface area contributed by atoms with Gasteiger partial charge in [0.15, 0.2) is 0 Å². The van der Waals surface area contributed by atoms with Crippen molar-refractivity contribution in [2.24, 2.45) is 10.9 Å². The van der Waals surface area contributed by atoms with Crippen molar-refractivity contribution >= 4 is 21.6 Å². The maximum Gasteiger partial charge on any atom is 0.261 e. The predicted octanol–water partition coefficient (Wildman–Crippen LogP) is 2.19. The summed E-state index contributed by atoms with van der Waals surface area (Å²) in [4.78, 5) is 17.0. The lowest BCUT2D eigenvalue weighted by Crippen LogP contribution is -2.45. The van der Waals surface area contributed by atoms with Gasteiger partial charge in [0.25, 0.3) is 5.91 Å². The van der Waals surface area contributed by atoms with Crippen LogP contribution in [0.2, 0.25) is 0 Å². The first kappa shape index (κ1) is 16.2. The summed E-state index contributed by atoms with van der Waals surface area (Å²) in [7, 11) is -3.60. The molecule has 2 fully saturated rings. The molecule has 2 aliphatic rings. The molecule has 0 aromatic heterocycles. The molecule has 118 valence electrons. The number of nitrogens with zero attached hydrogens (tertiary/aromatic N) is 1. The van der Waals surface area contributed by atoms with Crippen LogP contribution in [0.5, 0.6) is 0 Å². The van der Waals surface area contributed by atoms with E-state index < -0.39 is 26.2 Å². The van der Waals surface area contributed by atoms with E-state index in [1.54, 1.807) is 6.92 Å². The fraction of sp³-hybridized carbons (Fsp3) is 0.733. The molecule has 0 bridgehead atoms. The van der Waals surface area contributed by atoms with Crippen LogP contribution in [0.25, 0.3) is 0 Å². The van der Waals surface area contributed by atoms with Gasteiger partial charge in [-0.05, 0) is 46.5 Å². The topological polar surface area (TPSA) is 75.6 Å². The highest BCUT2D eigenvalue weighted by atomic mass is 32.2. The standard InChI is InChI=1S/C15H24N2O3S/c1-5-7-12-10-15(12,16-11(3)6-2)13(18)17-21(19,20)14(4)8-9-14/h5,7,12H,6,8-10H2,1-4H3,(H,17,18). The molecular formula is C15H24N2O3S. The van der Waals surface area contributed by atoms with Crippen molar-refractivity contribution in [3.63, 3.8) is 0 Å². The molecule has 2 saturated carbocycles. The molecule has 0 saturated heterocycles. The minimum Gasteiger partial charge on any atom is -0.277 e. The Labute approximate surface area is 127 Å². The minimum atomic E-state index is -3.60. The first-order valence-corrected chi connectivity index (χ1v) is 8.94. The number of allylic oxidation sites excluding steroid dienone is 1. The Morgan fingerprint density at radius 2 is 2.05 bits per heavy atom. The first-order chi connectivity index (χ1) is 9.71. The Hall–Kier alpha value is -1.17. The molecule has 2 unspecified atom stereocenters. The van der Waals surface area contributed by atoms with E-state index >= 15 is 0 Å². The SMILES string of the molecule is CC=CC1CC1(N=C(C)CC)C(=O)NS(=O)(=O)C1(C)CC1.